The number of rotatable bonds is 3. The second-order valence-corrected chi connectivity index (χ2v) is 6.66. The Morgan fingerprint density at radius 2 is 1.88 bits per heavy atom. The lowest BCUT2D eigenvalue weighted by molar-refractivity contribution is 0.0714. The predicted molar refractivity (Wildman–Crippen MR) is 94.8 cm³/mol. The topological polar surface area (TPSA) is 32.3 Å². The number of nitrogens with zero attached hydrogens (tertiary/aromatic N) is 1. The first kappa shape index (κ1) is 17.4. The molecule has 1 N–H and O–H groups in total. The Bertz CT molecular complexity index is 791. The van der Waals surface area contributed by atoms with Gasteiger partial charge in [-0.2, -0.15) is 0 Å². The van der Waals surface area contributed by atoms with E-state index in [1.165, 1.54) is 17.2 Å². The van der Waals surface area contributed by atoms with Crippen LogP contribution in [0.15, 0.2) is 36.4 Å². The molecule has 0 spiro atoms. The maximum atomic E-state index is 13.4. The van der Waals surface area contributed by atoms with E-state index in [4.69, 9.17) is 0 Å². The monoisotopic (exact) mass is 344 g/mol. The second kappa shape index (κ2) is 7.21. The maximum Gasteiger partial charge on any atom is 0.254 e. The van der Waals surface area contributed by atoms with Crippen LogP contribution in [-0.4, -0.2) is 29.9 Å². The minimum Gasteiger partial charge on any atom is -0.381 e. The van der Waals surface area contributed by atoms with Crippen LogP contribution in [0.3, 0.4) is 0 Å². The Balaban J connectivity index is 1.68. The molecule has 1 atom stereocenters. The normalized spacial score (nSPS) is 17.4. The number of aryl methyl sites for hydroxylation is 2. The first-order chi connectivity index (χ1) is 11.9. The molecule has 1 saturated heterocycles. The number of piperidine rings is 1. The van der Waals surface area contributed by atoms with Crippen molar-refractivity contribution in [2.24, 2.45) is 0 Å². The fraction of sp³-hybridized carbons (Fsp3) is 0.350. The number of anilines is 1. The summed E-state index contributed by atoms with van der Waals surface area (Å²) in [6.07, 6.45) is 1.84. The van der Waals surface area contributed by atoms with Crippen LogP contribution in [0.4, 0.5) is 14.5 Å². The van der Waals surface area contributed by atoms with E-state index in [0.29, 0.717) is 13.1 Å². The third-order valence-corrected chi connectivity index (χ3v) is 4.75. The molecule has 5 heteroatoms. The van der Waals surface area contributed by atoms with E-state index in [9.17, 15) is 13.6 Å². The van der Waals surface area contributed by atoms with Crippen molar-refractivity contribution in [3.05, 3.63) is 64.7 Å². The Morgan fingerprint density at radius 1 is 1.08 bits per heavy atom. The Kier molecular flexibility index (Phi) is 5.02. The van der Waals surface area contributed by atoms with E-state index in [1.54, 1.807) is 4.90 Å². The highest BCUT2D eigenvalue weighted by Gasteiger charge is 2.25. The number of carbonyl (C=O) groups is 1. The van der Waals surface area contributed by atoms with E-state index in [-0.39, 0.29) is 17.5 Å². The SMILES string of the molecule is Cc1ccc(N[C@@H]2CCCN(C(=O)c3ccc(F)c(F)c3)C2)cc1C. The zero-order valence-electron chi connectivity index (χ0n) is 14.5. The zero-order chi connectivity index (χ0) is 18.0. The summed E-state index contributed by atoms with van der Waals surface area (Å²) in [5, 5.41) is 3.48. The fourth-order valence-electron chi connectivity index (χ4n) is 3.16. The molecule has 132 valence electrons. The molecule has 0 aromatic heterocycles. The van der Waals surface area contributed by atoms with Crippen molar-refractivity contribution in [1.29, 1.82) is 0 Å². The summed E-state index contributed by atoms with van der Waals surface area (Å²) < 4.78 is 26.4. The van der Waals surface area contributed by atoms with Crippen molar-refractivity contribution in [2.75, 3.05) is 18.4 Å². The summed E-state index contributed by atoms with van der Waals surface area (Å²) in [5.74, 6) is -2.19. The van der Waals surface area contributed by atoms with Crippen molar-refractivity contribution in [1.82, 2.24) is 4.90 Å². The van der Waals surface area contributed by atoms with Gasteiger partial charge in [0, 0.05) is 30.4 Å². The van der Waals surface area contributed by atoms with Crippen molar-refractivity contribution >= 4 is 11.6 Å². The van der Waals surface area contributed by atoms with Crippen molar-refractivity contribution in [3.8, 4) is 0 Å². The van der Waals surface area contributed by atoms with E-state index in [2.05, 4.69) is 31.3 Å². The van der Waals surface area contributed by atoms with Gasteiger partial charge in [0.25, 0.3) is 5.91 Å². The summed E-state index contributed by atoms with van der Waals surface area (Å²) >= 11 is 0. The summed E-state index contributed by atoms with van der Waals surface area (Å²) in [6.45, 7) is 5.32. The van der Waals surface area contributed by atoms with E-state index < -0.39 is 11.6 Å². The van der Waals surface area contributed by atoms with Crippen molar-refractivity contribution in [3.63, 3.8) is 0 Å². The predicted octanol–water partition coefficient (Wildman–Crippen LogP) is 4.30. The molecule has 3 rings (SSSR count). The average Bonchev–Trinajstić information content (AvgIpc) is 2.60. The maximum absolute atomic E-state index is 13.4. The highest BCUT2D eigenvalue weighted by molar-refractivity contribution is 5.94. The molecule has 3 nitrogen and oxygen atoms in total. The number of nitrogens with one attached hydrogen (secondary N) is 1. The number of amides is 1. The molecule has 1 amide bonds. The number of likely N-dealkylation sites (tertiary alicyclic amines) is 1. The average molecular weight is 344 g/mol. The highest BCUT2D eigenvalue weighted by Crippen LogP contribution is 2.20. The molecule has 0 radical (unpaired) electrons. The van der Waals surface area contributed by atoms with Gasteiger partial charge in [-0.1, -0.05) is 6.07 Å². The van der Waals surface area contributed by atoms with Crippen LogP contribution in [0.2, 0.25) is 0 Å². The van der Waals surface area contributed by atoms with E-state index in [1.807, 2.05) is 6.07 Å². The van der Waals surface area contributed by atoms with Crippen LogP contribution in [0.25, 0.3) is 0 Å². The number of carbonyl (C=O) groups excluding carboxylic acids is 1. The quantitative estimate of drug-likeness (QED) is 0.900. The molecule has 0 unspecified atom stereocenters. The molecule has 0 aliphatic carbocycles. The zero-order valence-corrected chi connectivity index (χ0v) is 14.5. The van der Waals surface area contributed by atoms with Crippen LogP contribution >= 0.6 is 0 Å². The molecular formula is C20H22F2N2O. The van der Waals surface area contributed by atoms with Gasteiger partial charge >= 0.3 is 0 Å². The van der Waals surface area contributed by atoms with Crippen molar-refractivity contribution < 1.29 is 13.6 Å². The van der Waals surface area contributed by atoms with Crippen LogP contribution in [0, 0.1) is 25.5 Å². The van der Waals surface area contributed by atoms with Gasteiger partial charge in [-0.3, -0.25) is 4.79 Å². The third-order valence-electron chi connectivity index (χ3n) is 4.75. The first-order valence-corrected chi connectivity index (χ1v) is 8.52. The van der Waals surface area contributed by atoms with Crippen LogP contribution in [0.1, 0.15) is 34.3 Å². The van der Waals surface area contributed by atoms with Gasteiger partial charge in [-0.15, -0.1) is 0 Å². The van der Waals surface area contributed by atoms with Gasteiger partial charge < -0.3 is 10.2 Å². The third kappa shape index (κ3) is 3.98. The lowest BCUT2D eigenvalue weighted by Crippen LogP contribution is -2.45. The molecule has 2 aromatic carbocycles. The molecule has 25 heavy (non-hydrogen) atoms. The van der Waals surface area contributed by atoms with Crippen LogP contribution < -0.4 is 5.32 Å². The number of hydrogen-bond acceptors (Lipinski definition) is 2. The Hall–Kier alpha value is -2.43. The number of halogens is 2. The largest absolute Gasteiger partial charge is 0.381 e. The smallest absolute Gasteiger partial charge is 0.254 e. The molecule has 2 aromatic rings. The second-order valence-electron chi connectivity index (χ2n) is 6.66. The van der Waals surface area contributed by atoms with Crippen LogP contribution in [-0.2, 0) is 0 Å². The molecule has 1 heterocycles. The number of hydrogen-bond donors (Lipinski definition) is 1. The lowest BCUT2D eigenvalue weighted by atomic mass is 10.0. The van der Waals surface area contributed by atoms with E-state index in [0.717, 1.165) is 30.7 Å². The summed E-state index contributed by atoms with van der Waals surface area (Å²) in [4.78, 5) is 14.3. The first-order valence-electron chi connectivity index (χ1n) is 8.52. The molecular weight excluding hydrogens is 322 g/mol. The lowest BCUT2D eigenvalue weighted by Gasteiger charge is -2.34. The van der Waals surface area contributed by atoms with E-state index >= 15 is 0 Å². The summed E-state index contributed by atoms with van der Waals surface area (Å²) in [7, 11) is 0. The Morgan fingerprint density at radius 3 is 2.60 bits per heavy atom. The molecule has 0 saturated carbocycles. The van der Waals surface area contributed by atoms with Gasteiger partial charge in [0.15, 0.2) is 11.6 Å². The summed E-state index contributed by atoms with van der Waals surface area (Å²) in [5.41, 5.74) is 3.68. The molecule has 1 aliphatic rings. The van der Waals surface area contributed by atoms with Crippen LogP contribution in [0.5, 0.6) is 0 Å². The molecule has 0 bridgehead atoms. The van der Waals surface area contributed by atoms with Gasteiger partial charge in [-0.25, -0.2) is 8.78 Å². The standard InChI is InChI=1S/C20H22F2N2O/c1-13-5-7-16(10-14(13)2)23-17-4-3-9-24(12-17)20(25)15-6-8-18(21)19(22)11-15/h5-8,10-11,17,23H,3-4,9,12H2,1-2H3/t17-/m1/s1. The summed E-state index contributed by atoms with van der Waals surface area (Å²) in [6, 6.07) is 9.66. The molecule has 1 fully saturated rings. The Labute approximate surface area is 146 Å². The molecule has 1 aliphatic heterocycles. The van der Waals surface area contributed by atoms with Gasteiger partial charge in [0.1, 0.15) is 0 Å². The minimum absolute atomic E-state index is 0.144. The van der Waals surface area contributed by atoms with Crippen molar-refractivity contribution in [2.45, 2.75) is 32.7 Å². The van der Waals surface area contributed by atoms with Gasteiger partial charge in [0.2, 0.25) is 0 Å². The fourth-order valence-corrected chi connectivity index (χ4v) is 3.16. The number of benzene rings is 2. The van der Waals surface area contributed by atoms with Gasteiger partial charge in [0.05, 0.1) is 0 Å². The van der Waals surface area contributed by atoms with Gasteiger partial charge in [-0.05, 0) is 68.1 Å². The minimum atomic E-state index is -0.993. The highest BCUT2D eigenvalue weighted by atomic mass is 19.2.